The van der Waals surface area contributed by atoms with Gasteiger partial charge in [-0.3, -0.25) is 4.79 Å². The van der Waals surface area contributed by atoms with Gasteiger partial charge in [0.15, 0.2) is 0 Å². The van der Waals surface area contributed by atoms with E-state index in [4.69, 9.17) is 4.74 Å². The molecule has 0 aliphatic carbocycles. The van der Waals surface area contributed by atoms with Gasteiger partial charge in [-0.2, -0.15) is 0 Å². The van der Waals surface area contributed by atoms with Gasteiger partial charge in [-0.1, -0.05) is 12.1 Å². The highest BCUT2D eigenvalue weighted by Gasteiger charge is 2.09. The summed E-state index contributed by atoms with van der Waals surface area (Å²) in [5.41, 5.74) is 0.397. The molecule has 0 spiro atoms. The molecular formula is C13H15NO4. The molecule has 0 fully saturated rings. The predicted octanol–water partition coefficient (Wildman–Crippen LogP) is 1.50. The van der Waals surface area contributed by atoms with Gasteiger partial charge in [0, 0.05) is 12.3 Å². The first-order chi connectivity index (χ1) is 8.69. The van der Waals surface area contributed by atoms with Crippen molar-refractivity contribution in [2.75, 3.05) is 13.7 Å². The van der Waals surface area contributed by atoms with E-state index < -0.39 is 5.97 Å². The molecule has 0 aliphatic heterocycles. The minimum Gasteiger partial charge on any atom is -0.496 e. The number of nitrogens with one attached hydrogen (secondary N) is 1. The second-order valence-corrected chi connectivity index (χ2v) is 3.26. The molecule has 96 valence electrons. The number of amides is 1. The molecule has 0 atom stereocenters. The molecule has 1 N–H and O–H groups in total. The number of rotatable bonds is 5. The van der Waals surface area contributed by atoms with E-state index in [-0.39, 0.29) is 5.91 Å². The Labute approximate surface area is 105 Å². The number of hydrogen-bond acceptors (Lipinski definition) is 4. The van der Waals surface area contributed by atoms with Gasteiger partial charge in [-0.15, -0.1) is 0 Å². The third kappa shape index (κ3) is 3.93. The predicted molar refractivity (Wildman–Crippen MR) is 66.2 cm³/mol. The summed E-state index contributed by atoms with van der Waals surface area (Å²) in [5.74, 6) is -0.384. The molecule has 0 heterocycles. The number of carbonyl (C=O) groups is 2. The molecule has 1 amide bonds. The summed E-state index contributed by atoms with van der Waals surface area (Å²) >= 11 is 0. The smallest absolute Gasteiger partial charge is 0.332 e. The maximum Gasteiger partial charge on any atom is 0.332 e. The number of benzene rings is 1. The Morgan fingerprint density at radius 2 is 2.06 bits per heavy atom. The number of esters is 1. The summed E-state index contributed by atoms with van der Waals surface area (Å²) in [6.45, 7) is 2.00. The van der Waals surface area contributed by atoms with E-state index in [1.54, 1.807) is 31.2 Å². The van der Waals surface area contributed by atoms with Crippen molar-refractivity contribution in [2.24, 2.45) is 0 Å². The average Bonchev–Trinajstić information content (AvgIpc) is 2.38. The van der Waals surface area contributed by atoms with Gasteiger partial charge < -0.3 is 14.8 Å². The fourth-order valence-electron chi connectivity index (χ4n) is 1.29. The first-order valence-electron chi connectivity index (χ1n) is 5.46. The summed E-state index contributed by atoms with van der Waals surface area (Å²) in [7, 11) is 1.49. The summed E-state index contributed by atoms with van der Waals surface area (Å²) in [6, 6.07) is 6.81. The van der Waals surface area contributed by atoms with Crippen LogP contribution in [0.1, 0.15) is 17.3 Å². The molecule has 0 aliphatic rings. The van der Waals surface area contributed by atoms with Crippen LogP contribution in [0.2, 0.25) is 0 Å². The molecule has 0 aromatic heterocycles. The van der Waals surface area contributed by atoms with Crippen LogP contribution in [-0.4, -0.2) is 25.6 Å². The number of methoxy groups -OCH3 is 1. The maximum atomic E-state index is 11.8. The lowest BCUT2D eigenvalue weighted by molar-refractivity contribution is -0.137. The zero-order valence-corrected chi connectivity index (χ0v) is 10.3. The van der Waals surface area contributed by atoms with Crippen LogP contribution < -0.4 is 10.1 Å². The van der Waals surface area contributed by atoms with Crippen LogP contribution in [0.4, 0.5) is 0 Å². The minimum atomic E-state index is -0.502. The molecule has 1 rings (SSSR count). The number of ether oxygens (including phenoxy) is 2. The normalized spacial score (nSPS) is 10.1. The van der Waals surface area contributed by atoms with Crippen LogP contribution in [-0.2, 0) is 9.53 Å². The van der Waals surface area contributed by atoms with Crippen LogP contribution in [0, 0.1) is 0 Å². The molecule has 0 saturated heterocycles. The third-order valence-electron chi connectivity index (χ3n) is 2.07. The summed E-state index contributed by atoms with van der Waals surface area (Å²) in [5, 5.41) is 2.46. The molecule has 0 bridgehead atoms. The van der Waals surface area contributed by atoms with Crippen molar-refractivity contribution in [3.05, 3.63) is 42.1 Å². The van der Waals surface area contributed by atoms with Gasteiger partial charge in [-0.25, -0.2) is 4.79 Å². The number of hydrogen-bond donors (Lipinski definition) is 1. The Bertz CT molecular complexity index is 454. The van der Waals surface area contributed by atoms with E-state index in [0.717, 1.165) is 6.08 Å². The molecule has 1 aromatic carbocycles. The largest absolute Gasteiger partial charge is 0.496 e. The Hall–Kier alpha value is -2.30. The lowest BCUT2D eigenvalue weighted by atomic mass is 10.2. The van der Waals surface area contributed by atoms with Gasteiger partial charge in [0.05, 0.1) is 19.3 Å². The lowest BCUT2D eigenvalue weighted by Crippen LogP contribution is -2.18. The second kappa shape index (κ2) is 7.11. The van der Waals surface area contributed by atoms with E-state index >= 15 is 0 Å². The summed E-state index contributed by atoms with van der Waals surface area (Å²) in [4.78, 5) is 22.8. The summed E-state index contributed by atoms with van der Waals surface area (Å²) in [6.07, 6.45) is 2.39. The molecule has 1 aromatic rings. The Morgan fingerprint density at radius 1 is 1.33 bits per heavy atom. The van der Waals surface area contributed by atoms with Gasteiger partial charge in [0.2, 0.25) is 0 Å². The Balaban J connectivity index is 2.63. The van der Waals surface area contributed by atoms with E-state index in [1.165, 1.54) is 13.3 Å². The minimum absolute atomic E-state index is 0.295. The zero-order chi connectivity index (χ0) is 13.4. The number of carbonyl (C=O) groups excluding carboxylic acids is 2. The first kappa shape index (κ1) is 13.8. The SMILES string of the molecule is CCOC(=O)/C=C\NC(=O)c1ccccc1OC. The molecule has 0 radical (unpaired) electrons. The van der Waals surface area contributed by atoms with Gasteiger partial charge >= 0.3 is 5.97 Å². The van der Waals surface area contributed by atoms with E-state index in [1.807, 2.05) is 0 Å². The Kier molecular flexibility index (Phi) is 5.44. The van der Waals surface area contributed by atoms with Crippen molar-refractivity contribution in [2.45, 2.75) is 6.92 Å². The first-order valence-corrected chi connectivity index (χ1v) is 5.46. The maximum absolute atomic E-state index is 11.8. The highest BCUT2D eigenvalue weighted by molar-refractivity contribution is 5.97. The van der Waals surface area contributed by atoms with Crippen LogP contribution in [0.5, 0.6) is 5.75 Å². The lowest BCUT2D eigenvalue weighted by Gasteiger charge is -2.06. The van der Waals surface area contributed by atoms with Crippen molar-refractivity contribution < 1.29 is 19.1 Å². The molecule has 0 unspecified atom stereocenters. The number of para-hydroxylation sites is 1. The van der Waals surface area contributed by atoms with Gasteiger partial charge in [0.1, 0.15) is 5.75 Å². The Morgan fingerprint density at radius 3 is 2.72 bits per heavy atom. The third-order valence-corrected chi connectivity index (χ3v) is 2.07. The molecule has 5 nitrogen and oxygen atoms in total. The van der Waals surface area contributed by atoms with Crippen LogP contribution in [0.3, 0.4) is 0 Å². The van der Waals surface area contributed by atoms with Crippen LogP contribution >= 0.6 is 0 Å². The topological polar surface area (TPSA) is 64.6 Å². The second-order valence-electron chi connectivity index (χ2n) is 3.26. The summed E-state index contributed by atoms with van der Waals surface area (Å²) < 4.78 is 9.73. The van der Waals surface area contributed by atoms with Crippen LogP contribution in [0.25, 0.3) is 0 Å². The van der Waals surface area contributed by atoms with Crippen molar-refractivity contribution in [3.63, 3.8) is 0 Å². The average molecular weight is 249 g/mol. The highest BCUT2D eigenvalue weighted by Crippen LogP contribution is 2.16. The molecule has 5 heteroatoms. The highest BCUT2D eigenvalue weighted by atomic mass is 16.5. The van der Waals surface area contributed by atoms with Gasteiger partial charge in [-0.05, 0) is 19.1 Å². The monoisotopic (exact) mass is 249 g/mol. The van der Waals surface area contributed by atoms with Crippen LogP contribution in [0.15, 0.2) is 36.5 Å². The fourth-order valence-corrected chi connectivity index (χ4v) is 1.29. The van der Waals surface area contributed by atoms with Gasteiger partial charge in [0.25, 0.3) is 5.91 Å². The zero-order valence-electron chi connectivity index (χ0n) is 10.3. The van der Waals surface area contributed by atoms with Crippen molar-refractivity contribution >= 4 is 11.9 Å². The molecule has 18 heavy (non-hydrogen) atoms. The molecular weight excluding hydrogens is 234 g/mol. The fraction of sp³-hybridized carbons (Fsp3) is 0.231. The van der Waals surface area contributed by atoms with E-state index in [9.17, 15) is 9.59 Å². The quantitative estimate of drug-likeness (QED) is 0.634. The van der Waals surface area contributed by atoms with Crippen molar-refractivity contribution in [3.8, 4) is 5.75 Å². The standard InChI is InChI=1S/C13H15NO4/c1-3-18-12(15)8-9-14-13(16)10-6-4-5-7-11(10)17-2/h4-9H,3H2,1-2H3,(H,14,16)/b9-8-. The van der Waals surface area contributed by atoms with Crippen molar-refractivity contribution in [1.29, 1.82) is 0 Å². The molecule has 0 saturated carbocycles. The van der Waals surface area contributed by atoms with E-state index in [2.05, 4.69) is 10.1 Å². The van der Waals surface area contributed by atoms with E-state index in [0.29, 0.717) is 17.9 Å². The van der Waals surface area contributed by atoms with Crippen molar-refractivity contribution in [1.82, 2.24) is 5.32 Å².